The van der Waals surface area contributed by atoms with Crippen molar-refractivity contribution >= 4 is 12.0 Å². The van der Waals surface area contributed by atoms with Crippen LogP contribution >= 0.6 is 0 Å². The number of nitrogens with one attached hydrogen (secondary N) is 1. The molecule has 0 radical (unpaired) electrons. The predicted octanol–water partition coefficient (Wildman–Crippen LogP) is 3.03. The highest BCUT2D eigenvalue weighted by molar-refractivity contribution is 5.99. The number of rotatable bonds is 2. The molecule has 6 heteroatoms. The van der Waals surface area contributed by atoms with Gasteiger partial charge in [0, 0.05) is 11.5 Å². The van der Waals surface area contributed by atoms with E-state index in [9.17, 15) is 4.79 Å². The number of carbonyl (C=O) groups excluding carboxylic acids is 1. The highest BCUT2D eigenvalue weighted by Crippen LogP contribution is 2.48. The summed E-state index contributed by atoms with van der Waals surface area (Å²) in [5, 5.41) is 3.13. The summed E-state index contributed by atoms with van der Waals surface area (Å²) in [5.41, 5.74) is 3.59. The average molecular weight is 351 g/mol. The van der Waals surface area contributed by atoms with Gasteiger partial charge in [0.15, 0.2) is 23.0 Å². The van der Waals surface area contributed by atoms with E-state index in [4.69, 9.17) is 18.9 Å². The molecule has 0 fully saturated rings. The molecule has 2 aliphatic heterocycles. The molecule has 0 spiro atoms. The molecule has 132 valence electrons. The van der Waals surface area contributed by atoms with Crippen LogP contribution in [0.3, 0.4) is 0 Å². The first-order chi connectivity index (χ1) is 12.7. The second-order valence-electron chi connectivity index (χ2n) is 6.46. The van der Waals surface area contributed by atoms with Crippen LogP contribution in [-0.2, 0) is 0 Å². The minimum atomic E-state index is -0.164. The fraction of sp³-hybridized carbons (Fsp3) is 0.250. The van der Waals surface area contributed by atoms with E-state index in [2.05, 4.69) is 17.5 Å². The molecule has 5 rings (SSSR count). The van der Waals surface area contributed by atoms with Gasteiger partial charge in [-0.05, 0) is 41.0 Å². The lowest BCUT2D eigenvalue weighted by Crippen LogP contribution is -2.39. The maximum Gasteiger partial charge on any atom is 0.252 e. The summed E-state index contributed by atoms with van der Waals surface area (Å²) in [6.45, 7) is 0.224. The van der Waals surface area contributed by atoms with Gasteiger partial charge in [0.1, 0.15) is 0 Å². The number of benzene rings is 2. The first-order valence-corrected chi connectivity index (χ1v) is 8.38. The Bertz CT molecular complexity index is 965. The molecule has 3 aliphatic rings. The first-order valence-electron chi connectivity index (χ1n) is 8.38. The van der Waals surface area contributed by atoms with Crippen LogP contribution in [0, 0.1) is 0 Å². The Labute approximate surface area is 150 Å². The van der Waals surface area contributed by atoms with Crippen molar-refractivity contribution in [1.29, 1.82) is 0 Å². The van der Waals surface area contributed by atoms with Crippen molar-refractivity contribution in [3.63, 3.8) is 0 Å². The number of fused-ring (bicyclic) bond motifs is 6. The van der Waals surface area contributed by atoms with E-state index in [1.54, 1.807) is 20.3 Å². The molecular weight excluding hydrogens is 334 g/mol. The predicted molar refractivity (Wildman–Crippen MR) is 94.1 cm³/mol. The number of ether oxygens (including phenoxy) is 4. The maximum atomic E-state index is 12.8. The topological polar surface area (TPSA) is 66.0 Å². The van der Waals surface area contributed by atoms with Gasteiger partial charge in [0.2, 0.25) is 6.79 Å². The van der Waals surface area contributed by atoms with Crippen LogP contribution < -0.4 is 24.3 Å². The summed E-state index contributed by atoms with van der Waals surface area (Å²) in [7, 11) is 3.16. The summed E-state index contributed by atoms with van der Waals surface area (Å²) < 4.78 is 21.7. The standard InChI is InChI=1S/C20H17NO5/c1-23-15-7-13-11-4-3-10-5-17-18(26-9-25-17)6-12(10)19(11)21-20(22)14(13)8-16(15)24-2/h3-8,11,19H,9H2,1-2H3,(H,21,22)/t11-,19+/m1/s1. The third-order valence-corrected chi connectivity index (χ3v) is 5.20. The molecule has 2 heterocycles. The minimum absolute atomic E-state index is 0.00961. The SMILES string of the molecule is COc1cc2c(cc1OC)[C@H]1C=Cc3cc4c(cc3[C@H]1NC2=O)OCO4. The maximum absolute atomic E-state index is 12.8. The largest absolute Gasteiger partial charge is 0.493 e. The molecule has 0 saturated carbocycles. The number of hydrogen-bond donors (Lipinski definition) is 1. The zero-order chi connectivity index (χ0) is 17.8. The van der Waals surface area contributed by atoms with Crippen molar-refractivity contribution in [2.24, 2.45) is 0 Å². The highest BCUT2D eigenvalue weighted by Gasteiger charge is 2.38. The summed E-state index contributed by atoms with van der Waals surface area (Å²) in [6, 6.07) is 7.39. The normalized spacial score (nSPS) is 21.4. The Hall–Kier alpha value is -3.15. The Morgan fingerprint density at radius 2 is 1.73 bits per heavy atom. The highest BCUT2D eigenvalue weighted by atomic mass is 16.7. The van der Waals surface area contributed by atoms with Gasteiger partial charge in [-0.25, -0.2) is 0 Å². The van der Waals surface area contributed by atoms with E-state index in [-0.39, 0.29) is 24.7 Å². The average Bonchev–Trinajstić information content (AvgIpc) is 3.12. The number of hydrogen-bond acceptors (Lipinski definition) is 5. The number of carbonyl (C=O) groups is 1. The molecule has 1 aliphatic carbocycles. The van der Waals surface area contributed by atoms with Crippen molar-refractivity contribution in [2.75, 3.05) is 21.0 Å². The fourth-order valence-electron chi connectivity index (χ4n) is 3.94. The summed E-state index contributed by atoms with van der Waals surface area (Å²) in [6.07, 6.45) is 4.18. The van der Waals surface area contributed by atoms with E-state index in [1.807, 2.05) is 18.2 Å². The van der Waals surface area contributed by atoms with Crippen LogP contribution in [0.5, 0.6) is 23.0 Å². The smallest absolute Gasteiger partial charge is 0.252 e. The third kappa shape index (κ3) is 2.02. The second kappa shape index (κ2) is 5.42. The number of amides is 1. The Morgan fingerprint density at radius 3 is 2.50 bits per heavy atom. The van der Waals surface area contributed by atoms with Crippen molar-refractivity contribution in [2.45, 2.75) is 12.0 Å². The zero-order valence-electron chi connectivity index (χ0n) is 14.4. The summed E-state index contributed by atoms with van der Waals surface area (Å²) in [4.78, 5) is 12.8. The van der Waals surface area contributed by atoms with Gasteiger partial charge in [-0.1, -0.05) is 12.2 Å². The molecule has 2 aromatic rings. The van der Waals surface area contributed by atoms with Crippen LogP contribution in [0.1, 0.15) is 39.0 Å². The summed E-state index contributed by atoms with van der Waals surface area (Å²) in [5.74, 6) is 2.50. The van der Waals surface area contributed by atoms with Crippen molar-refractivity contribution in [3.05, 3.63) is 52.6 Å². The van der Waals surface area contributed by atoms with Crippen molar-refractivity contribution in [3.8, 4) is 23.0 Å². The molecule has 1 N–H and O–H groups in total. The quantitative estimate of drug-likeness (QED) is 0.901. The Kier molecular flexibility index (Phi) is 3.16. The molecule has 2 atom stereocenters. The van der Waals surface area contributed by atoms with Crippen molar-refractivity contribution in [1.82, 2.24) is 5.32 Å². The molecule has 0 unspecified atom stereocenters. The fourth-order valence-corrected chi connectivity index (χ4v) is 3.94. The monoisotopic (exact) mass is 351 g/mol. The molecule has 6 nitrogen and oxygen atoms in total. The van der Waals surface area contributed by atoms with E-state index in [0.29, 0.717) is 22.8 Å². The Balaban J connectivity index is 1.66. The van der Waals surface area contributed by atoms with Crippen LogP contribution in [-0.4, -0.2) is 26.9 Å². The van der Waals surface area contributed by atoms with E-state index < -0.39 is 0 Å². The van der Waals surface area contributed by atoms with E-state index in [1.165, 1.54) is 0 Å². The van der Waals surface area contributed by atoms with Crippen LogP contribution in [0.15, 0.2) is 30.3 Å². The lowest BCUT2D eigenvalue weighted by molar-refractivity contribution is 0.0918. The number of methoxy groups -OCH3 is 2. The van der Waals surface area contributed by atoms with Gasteiger partial charge in [-0.2, -0.15) is 0 Å². The molecule has 0 saturated heterocycles. The van der Waals surface area contributed by atoms with Gasteiger partial charge in [0.25, 0.3) is 5.91 Å². The second-order valence-corrected chi connectivity index (χ2v) is 6.46. The molecule has 1 amide bonds. The molecular formula is C20H17NO5. The molecule has 0 aromatic heterocycles. The van der Waals surface area contributed by atoms with E-state index >= 15 is 0 Å². The van der Waals surface area contributed by atoms with Crippen LogP contribution in [0.2, 0.25) is 0 Å². The lowest BCUT2D eigenvalue weighted by Gasteiger charge is -2.36. The van der Waals surface area contributed by atoms with Crippen LogP contribution in [0.4, 0.5) is 0 Å². The van der Waals surface area contributed by atoms with Crippen molar-refractivity contribution < 1.29 is 23.7 Å². The van der Waals surface area contributed by atoms with Gasteiger partial charge >= 0.3 is 0 Å². The molecule has 26 heavy (non-hydrogen) atoms. The first kappa shape index (κ1) is 15.1. The van der Waals surface area contributed by atoms with Crippen LogP contribution in [0.25, 0.3) is 6.08 Å². The zero-order valence-corrected chi connectivity index (χ0v) is 14.4. The molecule has 2 aromatic carbocycles. The van der Waals surface area contributed by atoms with Gasteiger partial charge in [-0.3, -0.25) is 4.79 Å². The van der Waals surface area contributed by atoms with Gasteiger partial charge < -0.3 is 24.3 Å². The molecule has 0 bridgehead atoms. The van der Waals surface area contributed by atoms with Gasteiger partial charge in [0.05, 0.1) is 20.3 Å². The Morgan fingerprint density at radius 1 is 1.00 bits per heavy atom. The minimum Gasteiger partial charge on any atom is -0.493 e. The van der Waals surface area contributed by atoms with Gasteiger partial charge in [-0.15, -0.1) is 0 Å². The third-order valence-electron chi connectivity index (χ3n) is 5.20. The summed E-state index contributed by atoms with van der Waals surface area (Å²) >= 11 is 0. The lowest BCUT2D eigenvalue weighted by atomic mass is 9.76. The van der Waals surface area contributed by atoms with E-state index in [0.717, 1.165) is 22.4 Å².